The largest absolute Gasteiger partial charge is 0.493 e. The Hall–Kier alpha value is -2.10. The summed E-state index contributed by atoms with van der Waals surface area (Å²) in [6.07, 6.45) is 1.22. The van der Waals surface area contributed by atoms with E-state index in [4.69, 9.17) is 14.6 Å². The van der Waals surface area contributed by atoms with Crippen molar-refractivity contribution in [1.29, 1.82) is 0 Å². The van der Waals surface area contributed by atoms with Crippen LogP contribution in [0.15, 0.2) is 29.3 Å². The highest BCUT2D eigenvalue weighted by Crippen LogP contribution is 2.32. The number of hydrogen-bond acceptors (Lipinski definition) is 5. The van der Waals surface area contributed by atoms with Crippen LogP contribution in [-0.2, 0) is 0 Å². The van der Waals surface area contributed by atoms with E-state index in [0.29, 0.717) is 0 Å². The topological polar surface area (TPSA) is 102 Å². The highest BCUT2D eigenvalue weighted by Gasteiger charge is 2.13. The lowest BCUT2D eigenvalue weighted by molar-refractivity contribution is 0.0696. The second-order valence-corrected chi connectivity index (χ2v) is 4.70. The van der Waals surface area contributed by atoms with Crippen LogP contribution in [0.2, 0.25) is 0 Å². The molecule has 0 aliphatic carbocycles. The van der Waals surface area contributed by atoms with Gasteiger partial charge in [0.25, 0.3) is 5.56 Å². The second kappa shape index (κ2) is 5.90. The van der Waals surface area contributed by atoms with Crippen LogP contribution in [0, 0.1) is 3.57 Å². The molecule has 2 rings (SSSR count). The van der Waals surface area contributed by atoms with Gasteiger partial charge >= 0.3 is 5.97 Å². The number of aromatic nitrogens is 2. The smallest absolute Gasteiger partial charge is 0.335 e. The number of hydrogen-bond donors (Lipinski definition) is 2. The van der Waals surface area contributed by atoms with Gasteiger partial charge < -0.3 is 19.6 Å². The Morgan fingerprint density at radius 1 is 1.40 bits per heavy atom. The molecule has 8 heteroatoms. The van der Waals surface area contributed by atoms with E-state index in [-0.39, 0.29) is 32.1 Å². The molecule has 0 amide bonds. The van der Waals surface area contributed by atoms with Gasteiger partial charge in [-0.15, -0.1) is 0 Å². The lowest BCUT2D eigenvalue weighted by atomic mass is 10.2. The fourth-order valence-corrected chi connectivity index (χ4v) is 1.83. The normalized spacial score (nSPS) is 10.1. The molecule has 0 aliphatic heterocycles. The molecule has 1 aromatic carbocycles. The number of methoxy groups -OCH3 is 1. The predicted octanol–water partition coefficient (Wildman–Crippen LogP) is 1.87. The molecule has 0 saturated carbocycles. The SMILES string of the molecule is COc1cc(C(=O)O)ccc1Oc1nc[nH]c(=O)c1I. The van der Waals surface area contributed by atoms with Gasteiger partial charge in [0.2, 0.25) is 5.88 Å². The number of H-pyrrole nitrogens is 1. The van der Waals surface area contributed by atoms with Crippen LogP contribution in [0.5, 0.6) is 17.4 Å². The molecule has 7 nitrogen and oxygen atoms in total. The summed E-state index contributed by atoms with van der Waals surface area (Å²) >= 11 is 1.81. The van der Waals surface area contributed by atoms with Gasteiger partial charge in [0.05, 0.1) is 19.0 Å². The number of carboxylic acids is 1. The molecular weight excluding hydrogens is 379 g/mol. The van der Waals surface area contributed by atoms with Crippen molar-refractivity contribution in [2.24, 2.45) is 0 Å². The average Bonchev–Trinajstić information content (AvgIpc) is 2.44. The van der Waals surface area contributed by atoms with Crippen LogP contribution >= 0.6 is 22.6 Å². The molecule has 0 radical (unpaired) electrons. The third-order valence-electron chi connectivity index (χ3n) is 2.38. The number of aromatic amines is 1. The Morgan fingerprint density at radius 3 is 2.80 bits per heavy atom. The van der Waals surface area contributed by atoms with E-state index >= 15 is 0 Å². The Labute approximate surface area is 126 Å². The lowest BCUT2D eigenvalue weighted by Gasteiger charge is -2.10. The number of halogens is 1. The zero-order valence-electron chi connectivity index (χ0n) is 10.2. The van der Waals surface area contributed by atoms with Gasteiger partial charge in [0, 0.05) is 0 Å². The monoisotopic (exact) mass is 388 g/mol. The van der Waals surface area contributed by atoms with Crippen molar-refractivity contribution in [3.05, 3.63) is 44.0 Å². The van der Waals surface area contributed by atoms with Crippen molar-refractivity contribution < 1.29 is 19.4 Å². The Bertz CT molecular complexity index is 713. The minimum Gasteiger partial charge on any atom is -0.493 e. The molecule has 2 aromatic rings. The molecule has 1 heterocycles. The highest BCUT2D eigenvalue weighted by atomic mass is 127. The quantitative estimate of drug-likeness (QED) is 0.776. The van der Waals surface area contributed by atoms with E-state index in [1.54, 1.807) is 22.6 Å². The molecule has 0 atom stereocenters. The summed E-state index contributed by atoms with van der Waals surface area (Å²) in [5.41, 5.74) is -0.250. The molecule has 104 valence electrons. The molecule has 2 N–H and O–H groups in total. The maximum absolute atomic E-state index is 11.4. The van der Waals surface area contributed by atoms with Crippen LogP contribution in [0.4, 0.5) is 0 Å². The van der Waals surface area contributed by atoms with E-state index in [9.17, 15) is 9.59 Å². The number of carboxylic acid groups (broad SMARTS) is 1. The molecule has 0 unspecified atom stereocenters. The summed E-state index contributed by atoms with van der Waals surface area (Å²) in [5, 5.41) is 8.91. The Kier molecular flexibility index (Phi) is 4.23. The van der Waals surface area contributed by atoms with Crippen LogP contribution in [0.3, 0.4) is 0 Å². The molecule has 0 aliphatic rings. The van der Waals surface area contributed by atoms with Crippen molar-refractivity contribution in [2.75, 3.05) is 7.11 Å². The standard InChI is InChI=1S/C12H9IN2O5/c1-19-8-4-6(12(17)18)2-3-7(8)20-11-9(13)10(16)14-5-15-11/h2-5H,1H3,(H,17,18)(H,14,15,16). The molecular formula is C12H9IN2O5. The lowest BCUT2D eigenvalue weighted by Crippen LogP contribution is -2.11. The number of rotatable bonds is 4. The number of carbonyl (C=O) groups is 1. The number of benzene rings is 1. The van der Waals surface area contributed by atoms with Gasteiger partial charge in [0.15, 0.2) is 11.5 Å². The fraction of sp³-hybridized carbons (Fsp3) is 0.0833. The summed E-state index contributed by atoms with van der Waals surface area (Å²) in [6, 6.07) is 4.15. The molecule has 0 saturated heterocycles. The first-order chi connectivity index (χ1) is 9.52. The van der Waals surface area contributed by atoms with Crippen molar-refractivity contribution in [3.63, 3.8) is 0 Å². The third kappa shape index (κ3) is 2.90. The van der Waals surface area contributed by atoms with Gasteiger partial charge in [0.1, 0.15) is 3.57 Å². The van der Waals surface area contributed by atoms with E-state index in [1.165, 1.54) is 31.6 Å². The Morgan fingerprint density at radius 2 is 2.15 bits per heavy atom. The third-order valence-corrected chi connectivity index (χ3v) is 3.33. The van der Waals surface area contributed by atoms with Crippen LogP contribution in [0.25, 0.3) is 0 Å². The minimum atomic E-state index is -1.07. The first-order valence-electron chi connectivity index (χ1n) is 5.35. The van der Waals surface area contributed by atoms with Crippen molar-refractivity contribution in [3.8, 4) is 17.4 Å². The average molecular weight is 388 g/mol. The van der Waals surface area contributed by atoms with Gasteiger partial charge in [-0.2, -0.15) is 0 Å². The van der Waals surface area contributed by atoms with E-state index in [2.05, 4.69) is 9.97 Å². The summed E-state index contributed by atoms with van der Waals surface area (Å²) in [7, 11) is 1.39. The van der Waals surface area contributed by atoms with Crippen molar-refractivity contribution in [2.45, 2.75) is 0 Å². The number of ether oxygens (including phenoxy) is 2. The van der Waals surface area contributed by atoms with Gasteiger partial charge in [-0.1, -0.05) is 0 Å². The molecule has 20 heavy (non-hydrogen) atoms. The summed E-state index contributed by atoms with van der Waals surface area (Å²) in [5.74, 6) is -0.439. The van der Waals surface area contributed by atoms with Gasteiger partial charge in [-0.3, -0.25) is 4.79 Å². The van der Waals surface area contributed by atoms with Crippen molar-refractivity contribution >= 4 is 28.6 Å². The Balaban J connectivity index is 2.41. The zero-order chi connectivity index (χ0) is 14.7. The van der Waals surface area contributed by atoms with Crippen LogP contribution in [-0.4, -0.2) is 28.2 Å². The number of nitrogens with one attached hydrogen (secondary N) is 1. The minimum absolute atomic E-state index is 0.0720. The summed E-state index contributed by atoms with van der Waals surface area (Å²) in [6.45, 7) is 0. The first kappa shape index (κ1) is 14.3. The van der Waals surface area contributed by atoms with E-state index in [0.717, 1.165) is 0 Å². The summed E-state index contributed by atoms with van der Waals surface area (Å²) < 4.78 is 10.9. The maximum Gasteiger partial charge on any atom is 0.335 e. The molecule has 0 fully saturated rings. The van der Waals surface area contributed by atoms with E-state index in [1.807, 2.05) is 0 Å². The number of nitrogens with zero attached hydrogens (tertiary/aromatic N) is 1. The molecule has 1 aromatic heterocycles. The highest BCUT2D eigenvalue weighted by molar-refractivity contribution is 14.1. The van der Waals surface area contributed by atoms with Crippen molar-refractivity contribution in [1.82, 2.24) is 9.97 Å². The maximum atomic E-state index is 11.4. The van der Waals surface area contributed by atoms with Crippen LogP contribution < -0.4 is 15.0 Å². The first-order valence-corrected chi connectivity index (χ1v) is 6.43. The molecule has 0 spiro atoms. The predicted molar refractivity (Wildman–Crippen MR) is 77.6 cm³/mol. The van der Waals surface area contributed by atoms with Gasteiger partial charge in [-0.05, 0) is 40.8 Å². The second-order valence-electron chi connectivity index (χ2n) is 3.62. The summed E-state index contributed by atoms with van der Waals surface area (Å²) in [4.78, 5) is 28.6. The van der Waals surface area contributed by atoms with Gasteiger partial charge in [-0.25, -0.2) is 9.78 Å². The van der Waals surface area contributed by atoms with Crippen LogP contribution in [0.1, 0.15) is 10.4 Å². The van der Waals surface area contributed by atoms with E-state index < -0.39 is 5.97 Å². The molecule has 0 bridgehead atoms. The fourth-order valence-electron chi connectivity index (χ4n) is 1.43. The number of aromatic carboxylic acids is 1. The zero-order valence-corrected chi connectivity index (χ0v) is 12.4.